The molecule has 2 N–H and O–H groups in total. The third kappa shape index (κ3) is 2.64. The number of aryl methyl sites for hydroxylation is 2. The number of benzene rings is 1. The molecule has 0 amide bonds. The van der Waals surface area contributed by atoms with Crippen molar-refractivity contribution < 1.29 is 14.6 Å². The number of carbonyl (C=O) groups is 1. The molecule has 1 fully saturated rings. The van der Waals surface area contributed by atoms with E-state index in [0.717, 1.165) is 29.5 Å². The predicted molar refractivity (Wildman–Crippen MR) is 68.5 cm³/mol. The Bertz CT molecular complexity index is 443. The minimum atomic E-state index is -0.444. The van der Waals surface area contributed by atoms with Crippen LogP contribution >= 0.6 is 0 Å². The van der Waals surface area contributed by atoms with E-state index in [1.807, 2.05) is 26.0 Å². The monoisotopic (exact) mass is 249 g/mol. The molecule has 4 heteroatoms. The molecule has 98 valence electrons. The second kappa shape index (κ2) is 4.98. The van der Waals surface area contributed by atoms with Gasteiger partial charge in [-0.1, -0.05) is 12.1 Å². The molecule has 1 aromatic carbocycles. The van der Waals surface area contributed by atoms with Crippen molar-refractivity contribution in [2.45, 2.75) is 38.8 Å². The van der Waals surface area contributed by atoms with Gasteiger partial charge >= 0.3 is 5.97 Å². The summed E-state index contributed by atoms with van der Waals surface area (Å²) in [5.41, 5.74) is 2.40. The first-order valence-corrected chi connectivity index (χ1v) is 6.17. The Kier molecular flexibility index (Phi) is 3.57. The Labute approximate surface area is 107 Å². The molecule has 1 aliphatic rings. The van der Waals surface area contributed by atoms with Gasteiger partial charge in [-0.15, -0.1) is 0 Å². The maximum Gasteiger partial charge on any atom is 0.327 e. The SMILES string of the molecule is COC(=O)C(NC1CC1)c1cc(C)c(O)c(C)c1. The van der Waals surface area contributed by atoms with Crippen LogP contribution in [0.15, 0.2) is 12.1 Å². The number of carbonyl (C=O) groups excluding carboxylic acids is 1. The van der Waals surface area contributed by atoms with Gasteiger partial charge in [-0.3, -0.25) is 5.32 Å². The number of aromatic hydroxyl groups is 1. The molecule has 1 aliphatic carbocycles. The summed E-state index contributed by atoms with van der Waals surface area (Å²) >= 11 is 0. The lowest BCUT2D eigenvalue weighted by Crippen LogP contribution is -2.31. The first-order chi connectivity index (χ1) is 8.52. The molecule has 0 spiro atoms. The zero-order valence-electron chi connectivity index (χ0n) is 11.0. The summed E-state index contributed by atoms with van der Waals surface area (Å²) in [7, 11) is 1.39. The molecular weight excluding hydrogens is 230 g/mol. The van der Waals surface area contributed by atoms with Gasteiger partial charge in [0.05, 0.1) is 7.11 Å². The molecule has 2 rings (SSSR count). The van der Waals surface area contributed by atoms with Crippen LogP contribution in [0.3, 0.4) is 0 Å². The summed E-state index contributed by atoms with van der Waals surface area (Å²) in [6, 6.07) is 3.63. The molecule has 4 nitrogen and oxygen atoms in total. The number of hydrogen-bond acceptors (Lipinski definition) is 4. The van der Waals surface area contributed by atoms with Crippen molar-refractivity contribution in [1.82, 2.24) is 5.32 Å². The lowest BCUT2D eigenvalue weighted by atomic mass is 10.00. The van der Waals surface area contributed by atoms with Crippen LogP contribution in [0, 0.1) is 13.8 Å². The van der Waals surface area contributed by atoms with Crippen molar-refractivity contribution in [3.8, 4) is 5.75 Å². The Balaban J connectivity index is 2.31. The van der Waals surface area contributed by atoms with Crippen molar-refractivity contribution in [3.63, 3.8) is 0 Å². The highest BCUT2D eigenvalue weighted by Crippen LogP contribution is 2.29. The van der Waals surface area contributed by atoms with Crippen LogP contribution < -0.4 is 5.32 Å². The van der Waals surface area contributed by atoms with Crippen LogP contribution in [0.2, 0.25) is 0 Å². The van der Waals surface area contributed by atoms with E-state index in [1.165, 1.54) is 7.11 Å². The topological polar surface area (TPSA) is 58.6 Å². The number of phenolic OH excluding ortho intramolecular Hbond substituents is 1. The molecule has 1 aromatic rings. The summed E-state index contributed by atoms with van der Waals surface area (Å²) in [5.74, 6) is 0.000164. The number of hydrogen-bond donors (Lipinski definition) is 2. The van der Waals surface area contributed by atoms with Crippen molar-refractivity contribution in [2.24, 2.45) is 0 Å². The lowest BCUT2D eigenvalue weighted by molar-refractivity contribution is -0.143. The van der Waals surface area contributed by atoms with Gasteiger partial charge in [0, 0.05) is 6.04 Å². The smallest absolute Gasteiger partial charge is 0.327 e. The zero-order chi connectivity index (χ0) is 13.3. The molecule has 0 heterocycles. The van der Waals surface area contributed by atoms with Crippen LogP contribution in [0.25, 0.3) is 0 Å². The van der Waals surface area contributed by atoms with E-state index in [0.29, 0.717) is 6.04 Å². The Morgan fingerprint density at radius 1 is 1.39 bits per heavy atom. The van der Waals surface area contributed by atoms with E-state index < -0.39 is 6.04 Å². The molecule has 0 aliphatic heterocycles. The first kappa shape index (κ1) is 12.9. The van der Waals surface area contributed by atoms with Crippen molar-refractivity contribution in [2.75, 3.05) is 7.11 Å². The minimum Gasteiger partial charge on any atom is -0.507 e. The van der Waals surface area contributed by atoms with Crippen molar-refractivity contribution >= 4 is 5.97 Å². The molecule has 1 atom stereocenters. The number of ether oxygens (including phenoxy) is 1. The normalized spacial score (nSPS) is 16.4. The average molecular weight is 249 g/mol. The summed E-state index contributed by atoms with van der Waals surface area (Å²) < 4.78 is 4.84. The summed E-state index contributed by atoms with van der Waals surface area (Å²) in [5, 5.41) is 13.0. The van der Waals surface area contributed by atoms with Crippen molar-refractivity contribution in [1.29, 1.82) is 0 Å². The Morgan fingerprint density at radius 3 is 2.39 bits per heavy atom. The fourth-order valence-corrected chi connectivity index (χ4v) is 2.06. The van der Waals surface area contributed by atoms with E-state index in [1.54, 1.807) is 0 Å². The fourth-order valence-electron chi connectivity index (χ4n) is 2.06. The second-order valence-corrected chi connectivity index (χ2v) is 4.90. The Morgan fingerprint density at radius 2 is 1.94 bits per heavy atom. The first-order valence-electron chi connectivity index (χ1n) is 6.17. The third-order valence-electron chi connectivity index (χ3n) is 3.26. The second-order valence-electron chi connectivity index (χ2n) is 4.90. The summed E-state index contributed by atoms with van der Waals surface area (Å²) in [6.45, 7) is 3.66. The van der Waals surface area contributed by atoms with E-state index in [-0.39, 0.29) is 11.7 Å². The maximum atomic E-state index is 11.8. The number of methoxy groups -OCH3 is 1. The van der Waals surface area contributed by atoms with Gasteiger partial charge in [0.25, 0.3) is 0 Å². The van der Waals surface area contributed by atoms with Gasteiger partial charge in [0.1, 0.15) is 11.8 Å². The summed E-state index contributed by atoms with van der Waals surface area (Å²) in [4.78, 5) is 11.8. The van der Waals surface area contributed by atoms with Gasteiger partial charge in [0.15, 0.2) is 0 Å². The van der Waals surface area contributed by atoms with Crippen molar-refractivity contribution in [3.05, 3.63) is 28.8 Å². The Hall–Kier alpha value is -1.55. The van der Waals surface area contributed by atoms with E-state index in [4.69, 9.17) is 4.74 Å². The predicted octanol–water partition coefficient (Wildman–Crippen LogP) is 1.98. The van der Waals surface area contributed by atoms with Crippen LogP contribution in [0.4, 0.5) is 0 Å². The molecule has 1 unspecified atom stereocenters. The molecule has 18 heavy (non-hydrogen) atoms. The highest BCUT2D eigenvalue weighted by Gasteiger charge is 2.30. The van der Waals surface area contributed by atoms with E-state index >= 15 is 0 Å². The van der Waals surface area contributed by atoms with Gasteiger partial charge in [0.2, 0.25) is 0 Å². The van der Waals surface area contributed by atoms with E-state index in [9.17, 15) is 9.90 Å². The van der Waals surface area contributed by atoms with E-state index in [2.05, 4.69) is 5.32 Å². The molecular formula is C14H19NO3. The number of nitrogens with one attached hydrogen (secondary N) is 1. The summed E-state index contributed by atoms with van der Waals surface area (Å²) in [6.07, 6.45) is 2.20. The molecule has 0 bridgehead atoms. The molecule has 0 aromatic heterocycles. The average Bonchev–Trinajstić information content (AvgIpc) is 3.15. The zero-order valence-corrected chi connectivity index (χ0v) is 11.0. The quantitative estimate of drug-likeness (QED) is 0.801. The molecule has 1 saturated carbocycles. The van der Waals surface area contributed by atoms with Crippen LogP contribution in [0.5, 0.6) is 5.75 Å². The highest BCUT2D eigenvalue weighted by molar-refractivity contribution is 5.78. The lowest BCUT2D eigenvalue weighted by Gasteiger charge is -2.18. The van der Waals surface area contributed by atoms with Gasteiger partial charge in [-0.25, -0.2) is 4.79 Å². The third-order valence-corrected chi connectivity index (χ3v) is 3.26. The van der Waals surface area contributed by atoms with Crippen LogP contribution in [-0.4, -0.2) is 24.2 Å². The molecule has 0 saturated heterocycles. The maximum absolute atomic E-state index is 11.8. The number of esters is 1. The number of phenols is 1. The van der Waals surface area contributed by atoms with Gasteiger partial charge in [-0.05, 0) is 43.4 Å². The fraction of sp³-hybridized carbons (Fsp3) is 0.500. The van der Waals surface area contributed by atoms with Crippen LogP contribution in [-0.2, 0) is 9.53 Å². The number of rotatable bonds is 4. The van der Waals surface area contributed by atoms with Crippen LogP contribution in [0.1, 0.15) is 35.6 Å². The minimum absolute atomic E-state index is 0.286. The molecule has 0 radical (unpaired) electrons. The highest BCUT2D eigenvalue weighted by atomic mass is 16.5. The van der Waals surface area contributed by atoms with Gasteiger partial charge in [-0.2, -0.15) is 0 Å². The van der Waals surface area contributed by atoms with Gasteiger partial charge < -0.3 is 9.84 Å². The standard InChI is InChI=1S/C14H19NO3/c1-8-6-10(7-9(2)13(8)16)12(14(17)18-3)15-11-4-5-11/h6-7,11-12,15-16H,4-5H2,1-3H3. The largest absolute Gasteiger partial charge is 0.507 e.